The van der Waals surface area contributed by atoms with Crippen LogP contribution in [0.5, 0.6) is 0 Å². The Morgan fingerprint density at radius 1 is 1.43 bits per heavy atom. The maximum atomic E-state index is 13.6. The second kappa shape index (κ2) is 5.69. The Morgan fingerprint density at radius 2 is 2.00 bits per heavy atom. The number of carbonyl (C=O) groups is 1. The minimum Gasteiger partial charge on any atom is -0.339 e. The number of benzene rings is 1. The van der Waals surface area contributed by atoms with E-state index in [-0.39, 0.29) is 11.1 Å². The van der Waals surface area contributed by atoms with Crippen LogP contribution in [0.1, 0.15) is 18.1 Å². The van der Waals surface area contributed by atoms with Gasteiger partial charge in [0.25, 0.3) is 5.91 Å². The summed E-state index contributed by atoms with van der Waals surface area (Å²) in [6.07, 6.45) is -4.93. The summed E-state index contributed by atoms with van der Waals surface area (Å²) in [6.45, 7) is 0.122. The Morgan fingerprint density at radius 3 is 2.48 bits per heavy atom. The van der Waals surface area contributed by atoms with Crippen LogP contribution in [0.15, 0.2) is 18.2 Å². The van der Waals surface area contributed by atoms with E-state index in [0.29, 0.717) is 11.8 Å². The molecule has 0 aliphatic rings. The van der Waals surface area contributed by atoms with Gasteiger partial charge >= 0.3 is 6.18 Å². The summed E-state index contributed by atoms with van der Waals surface area (Å²) in [5.74, 6) is -2.11. The van der Waals surface area contributed by atoms with Crippen LogP contribution in [0, 0.1) is 17.1 Å². The monoisotopic (exact) mass is 303 g/mol. The number of halogens is 4. The Hall–Kier alpha value is -2.14. The zero-order valence-corrected chi connectivity index (χ0v) is 11.3. The zero-order chi connectivity index (χ0) is 16.4. The van der Waals surface area contributed by atoms with Gasteiger partial charge in [-0.25, -0.2) is 4.39 Å². The SMILES string of the molecule is CN(Cc1cc(C#N)ccc1F)C(=O)C(C)(N)C(F)(F)F. The van der Waals surface area contributed by atoms with Crippen molar-refractivity contribution in [1.29, 1.82) is 5.26 Å². The fraction of sp³-hybridized carbons (Fsp3) is 0.385. The highest BCUT2D eigenvalue weighted by Gasteiger charge is 2.54. The van der Waals surface area contributed by atoms with Crippen LogP contribution in [0.25, 0.3) is 0 Å². The molecular weight excluding hydrogens is 290 g/mol. The minimum absolute atomic E-state index is 0.0668. The summed E-state index contributed by atoms with van der Waals surface area (Å²) >= 11 is 0. The smallest absolute Gasteiger partial charge is 0.339 e. The van der Waals surface area contributed by atoms with Crippen molar-refractivity contribution >= 4 is 5.91 Å². The molecule has 8 heteroatoms. The van der Waals surface area contributed by atoms with Crippen molar-refractivity contribution in [2.75, 3.05) is 7.05 Å². The van der Waals surface area contributed by atoms with Crippen LogP contribution in [0.4, 0.5) is 17.6 Å². The fourth-order valence-corrected chi connectivity index (χ4v) is 1.61. The third kappa shape index (κ3) is 3.49. The summed E-state index contributed by atoms with van der Waals surface area (Å²) in [5, 5.41) is 8.71. The number of nitrogens with two attached hydrogens (primary N) is 1. The van der Waals surface area contributed by atoms with E-state index < -0.39 is 30.0 Å². The number of amides is 1. The molecule has 1 aromatic rings. The number of carbonyl (C=O) groups excluding carboxylic acids is 1. The third-order valence-corrected chi connectivity index (χ3v) is 2.96. The van der Waals surface area contributed by atoms with Gasteiger partial charge < -0.3 is 10.6 Å². The van der Waals surface area contributed by atoms with Crippen molar-refractivity contribution in [3.05, 3.63) is 35.1 Å². The maximum absolute atomic E-state index is 13.6. The molecule has 0 aliphatic carbocycles. The lowest BCUT2D eigenvalue weighted by Crippen LogP contribution is -2.61. The van der Waals surface area contributed by atoms with Gasteiger partial charge in [0, 0.05) is 19.2 Å². The van der Waals surface area contributed by atoms with Crippen LogP contribution >= 0.6 is 0 Å². The van der Waals surface area contributed by atoms with Gasteiger partial charge in [0.1, 0.15) is 5.82 Å². The van der Waals surface area contributed by atoms with Gasteiger partial charge in [-0.3, -0.25) is 4.79 Å². The molecule has 0 saturated carbocycles. The average Bonchev–Trinajstić information content (AvgIpc) is 2.38. The molecule has 0 aliphatic heterocycles. The molecule has 1 aromatic carbocycles. The first-order valence-corrected chi connectivity index (χ1v) is 5.80. The molecule has 1 atom stereocenters. The van der Waals surface area contributed by atoms with Gasteiger partial charge in [-0.1, -0.05) is 0 Å². The summed E-state index contributed by atoms with van der Waals surface area (Å²) in [4.78, 5) is 12.4. The lowest BCUT2D eigenvalue weighted by molar-refractivity contribution is -0.193. The van der Waals surface area contributed by atoms with Gasteiger partial charge in [-0.15, -0.1) is 0 Å². The number of hydrogen-bond donors (Lipinski definition) is 1. The summed E-state index contributed by atoms with van der Waals surface area (Å²) in [6, 6.07) is 5.18. The lowest BCUT2D eigenvalue weighted by Gasteiger charge is -2.31. The highest BCUT2D eigenvalue weighted by atomic mass is 19.4. The molecule has 0 aromatic heterocycles. The molecule has 0 heterocycles. The van der Waals surface area contributed by atoms with Crippen molar-refractivity contribution in [2.45, 2.75) is 25.2 Å². The van der Waals surface area contributed by atoms with Crippen molar-refractivity contribution in [2.24, 2.45) is 5.73 Å². The summed E-state index contributed by atoms with van der Waals surface area (Å²) in [5.41, 5.74) is 2.03. The number of hydrogen-bond acceptors (Lipinski definition) is 3. The van der Waals surface area contributed by atoms with E-state index >= 15 is 0 Å². The Kier molecular flexibility index (Phi) is 4.59. The van der Waals surface area contributed by atoms with E-state index in [0.717, 1.165) is 13.1 Å². The van der Waals surface area contributed by atoms with Crippen molar-refractivity contribution in [3.8, 4) is 6.07 Å². The first-order valence-electron chi connectivity index (χ1n) is 5.80. The Bertz CT molecular complexity index is 590. The summed E-state index contributed by atoms with van der Waals surface area (Å²) < 4.78 is 51.6. The van der Waals surface area contributed by atoms with Crippen LogP contribution in [0.2, 0.25) is 0 Å². The first kappa shape index (κ1) is 16.9. The van der Waals surface area contributed by atoms with E-state index in [9.17, 15) is 22.4 Å². The largest absolute Gasteiger partial charge is 0.415 e. The number of rotatable bonds is 3. The molecule has 1 unspecified atom stereocenters. The molecule has 0 fully saturated rings. The molecule has 0 saturated heterocycles. The first-order chi connectivity index (χ1) is 9.50. The van der Waals surface area contributed by atoms with E-state index in [1.165, 1.54) is 12.1 Å². The highest BCUT2D eigenvalue weighted by molar-refractivity contribution is 5.86. The van der Waals surface area contributed by atoms with E-state index in [2.05, 4.69) is 0 Å². The molecule has 114 valence electrons. The normalized spacial score (nSPS) is 14.2. The van der Waals surface area contributed by atoms with Crippen LogP contribution in [0.3, 0.4) is 0 Å². The molecule has 1 rings (SSSR count). The number of nitrogens with zero attached hydrogens (tertiary/aromatic N) is 2. The Balaban J connectivity index is 2.99. The van der Waals surface area contributed by atoms with Gasteiger partial charge in [0.15, 0.2) is 5.54 Å². The Labute approximate surface area is 118 Å². The van der Waals surface area contributed by atoms with Gasteiger partial charge in [0.05, 0.1) is 11.6 Å². The number of nitriles is 1. The van der Waals surface area contributed by atoms with Crippen LogP contribution in [-0.2, 0) is 11.3 Å². The molecule has 2 N–H and O–H groups in total. The lowest BCUT2D eigenvalue weighted by atomic mass is 10.0. The van der Waals surface area contributed by atoms with E-state index in [1.54, 1.807) is 6.07 Å². The number of alkyl halides is 3. The van der Waals surface area contributed by atoms with E-state index in [1.807, 2.05) is 0 Å². The number of likely N-dealkylation sites (N-methyl/N-ethyl adjacent to an activating group) is 1. The second-order valence-electron chi connectivity index (χ2n) is 4.78. The van der Waals surface area contributed by atoms with Crippen molar-refractivity contribution in [1.82, 2.24) is 4.90 Å². The average molecular weight is 303 g/mol. The van der Waals surface area contributed by atoms with Crippen LogP contribution in [-0.4, -0.2) is 29.6 Å². The zero-order valence-electron chi connectivity index (χ0n) is 11.3. The van der Waals surface area contributed by atoms with E-state index in [4.69, 9.17) is 11.0 Å². The molecule has 21 heavy (non-hydrogen) atoms. The standard InChI is InChI=1S/C13H13F4N3O/c1-12(19,13(15,16)17)11(21)20(2)7-9-5-8(6-18)3-4-10(9)14/h3-5H,7,19H2,1-2H3. The second-order valence-corrected chi connectivity index (χ2v) is 4.78. The van der Waals surface area contributed by atoms with Gasteiger partial charge in [-0.2, -0.15) is 18.4 Å². The molecular formula is C13H13F4N3O. The fourth-order valence-electron chi connectivity index (χ4n) is 1.61. The molecule has 4 nitrogen and oxygen atoms in total. The van der Waals surface area contributed by atoms with Crippen molar-refractivity contribution in [3.63, 3.8) is 0 Å². The van der Waals surface area contributed by atoms with Gasteiger partial charge in [-0.05, 0) is 25.1 Å². The minimum atomic E-state index is -4.93. The maximum Gasteiger partial charge on any atom is 0.415 e. The molecule has 0 spiro atoms. The third-order valence-electron chi connectivity index (χ3n) is 2.96. The predicted octanol–water partition coefficient (Wildman–Crippen LogP) is 1.94. The predicted molar refractivity (Wildman–Crippen MR) is 66.2 cm³/mol. The van der Waals surface area contributed by atoms with Crippen LogP contribution < -0.4 is 5.73 Å². The quantitative estimate of drug-likeness (QED) is 0.867. The van der Waals surface area contributed by atoms with Crippen molar-refractivity contribution < 1.29 is 22.4 Å². The van der Waals surface area contributed by atoms with Gasteiger partial charge in [0.2, 0.25) is 0 Å². The highest BCUT2D eigenvalue weighted by Crippen LogP contribution is 2.29. The summed E-state index contributed by atoms with van der Waals surface area (Å²) in [7, 11) is 1.08. The topological polar surface area (TPSA) is 70.1 Å². The molecule has 0 bridgehead atoms. The molecule has 1 amide bonds. The molecule has 0 radical (unpaired) electrons.